The van der Waals surface area contributed by atoms with Crippen LogP contribution in [0.25, 0.3) is 0 Å². The summed E-state index contributed by atoms with van der Waals surface area (Å²) in [5.41, 5.74) is 0.753. The van der Waals surface area contributed by atoms with Crippen molar-refractivity contribution < 1.29 is 14.3 Å². The number of amides is 2. The van der Waals surface area contributed by atoms with Crippen molar-refractivity contribution in [2.75, 3.05) is 37.7 Å². The fourth-order valence-electron chi connectivity index (χ4n) is 4.20. The van der Waals surface area contributed by atoms with Crippen LogP contribution in [-0.2, 0) is 9.59 Å². The Labute approximate surface area is 168 Å². The molecule has 154 valence electrons. The average Bonchev–Trinajstić information content (AvgIpc) is 3.09. The Morgan fingerprint density at radius 3 is 2.89 bits per heavy atom. The van der Waals surface area contributed by atoms with Crippen molar-refractivity contribution in [2.45, 2.75) is 52.0 Å². The highest BCUT2D eigenvalue weighted by Gasteiger charge is 2.36. The molecule has 6 nitrogen and oxygen atoms in total. The summed E-state index contributed by atoms with van der Waals surface area (Å²) < 4.78 is 5.64. The van der Waals surface area contributed by atoms with Crippen molar-refractivity contribution >= 4 is 17.5 Å². The molecule has 0 aromatic heterocycles. The van der Waals surface area contributed by atoms with E-state index in [1.54, 1.807) is 4.90 Å². The molecule has 1 aromatic carbocycles. The molecule has 2 saturated heterocycles. The van der Waals surface area contributed by atoms with Crippen molar-refractivity contribution in [3.63, 3.8) is 0 Å². The van der Waals surface area contributed by atoms with Crippen LogP contribution in [0.1, 0.15) is 46.0 Å². The Morgan fingerprint density at radius 1 is 1.29 bits per heavy atom. The topological polar surface area (TPSA) is 61.9 Å². The lowest BCUT2D eigenvalue weighted by atomic mass is 10.0. The fourth-order valence-corrected chi connectivity index (χ4v) is 4.20. The van der Waals surface area contributed by atoms with E-state index in [0.29, 0.717) is 31.5 Å². The van der Waals surface area contributed by atoms with E-state index in [4.69, 9.17) is 4.74 Å². The van der Waals surface area contributed by atoms with Crippen molar-refractivity contribution in [2.24, 2.45) is 5.92 Å². The first-order chi connectivity index (χ1) is 13.6. The lowest BCUT2D eigenvalue weighted by molar-refractivity contribution is -0.126. The maximum Gasteiger partial charge on any atom is 0.227 e. The smallest absolute Gasteiger partial charge is 0.227 e. The van der Waals surface area contributed by atoms with Crippen LogP contribution in [-0.4, -0.2) is 55.5 Å². The van der Waals surface area contributed by atoms with E-state index in [9.17, 15) is 9.59 Å². The van der Waals surface area contributed by atoms with Gasteiger partial charge in [-0.2, -0.15) is 0 Å². The molecule has 0 spiro atoms. The molecule has 2 heterocycles. The highest BCUT2D eigenvalue weighted by molar-refractivity contribution is 6.01. The van der Waals surface area contributed by atoms with Crippen LogP contribution < -0.4 is 15.0 Å². The fraction of sp³-hybridized carbons (Fsp3) is 0.636. The van der Waals surface area contributed by atoms with Gasteiger partial charge in [0.2, 0.25) is 11.8 Å². The Bertz CT molecular complexity index is 679. The first-order valence-corrected chi connectivity index (χ1v) is 10.6. The number of ether oxygens (including phenoxy) is 1. The maximum atomic E-state index is 12.6. The van der Waals surface area contributed by atoms with E-state index >= 15 is 0 Å². The van der Waals surface area contributed by atoms with Gasteiger partial charge in [-0.1, -0.05) is 18.6 Å². The minimum Gasteiger partial charge on any atom is -0.492 e. The normalized spacial score (nSPS) is 23.1. The van der Waals surface area contributed by atoms with E-state index in [-0.39, 0.29) is 24.2 Å². The summed E-state index contributed by atoms with van der Waals surface area (Å²) >= 11 is 0. The second-order valence-corrected chi connectivity index (χ2v) is 7.83. The van der Waals surface area contributed by atoms with Crippen molar-refractivity contribution in [1.82, 2.24) is 10.2 Å². The molecule has 2 aliphatic heterocycles. The van der Waals surface area contributed by atoms with Gasteiger partial charge in [0.05, 0.1) is 18.2 Å². The highest BCUT2D eigenvalue weighted by Crippen LogP contribution is 2.33. The minimum atomic E-state index is -0.295. The van der Waals surface area contributed by atoms with Gasteiger partial charge in [0, 0.05) is 32.1 Å². The van der Waals surface area contributed by atoms with E-state index in [1.165, 1.54) is 25.8 Å². The molecule has 2 atom stereocenters. The van der Waals surface area contributed by atoms with Crippen molar-refractivity contribution in [1.29, 1.82) is 0 Å². The summed E-state index contributed by atoms with van der Waals surface area (Å²) in [4.78, 5) is 29.3. The predicted octanol–water partition coefficient (Wildman–Crippen LogP) is 2.82. The maximum absolute atomic E-state index is 12.6. The Balaban J connectivity index is 1.47. The number of hydrogen-bond donors (Lipinski definition) is 1. The summed E-state index contributed by atoms with van der Waals surface area (Å²) in [6.07, 6.45) is 5.09. The summed E-state index contributed by atoms with van der Waals surface area (Å²) in [6.45, 7) is 8.03. The zero-order chi connectivity index (χ0) is 19.9. The van der Waals surface area contributed by atoms with Gasteiger partial charge in [0.15, 0.2) is 0 Å². The zero-order valence-corrected chi connectivity index (χ0v) is 17.2. The number of para-hydroxylation sites is 2. The number of rotatable bonds is 8. The molecule has 6 heteroatoms. The molecule has 1 aromatic rings. The highest BCUT2D eigenvalue weighted by atomic mass is 16.5. The largest absolute Gasteiger partial charge is 0.492 e. The Kier molecular flexibility index (Phi) is 7.31. The molecule has 0 aliphatic carbocycles. The molecule has 1 N–H and O–H groups in total. The molecule has 3 rings (SSSR count). The second-order valence-electron chi connectivity index (χ2n) is 7.83. The molecular weight excluding hydrogens is 354 g/mol. The summed E-state index contributed by atoms with van der Waals surface area (Å²) in [5.74, 6) is 0.358. The van der Waals surface area contributed by atoms with Gasteiger partial charge in [-0.05, 0) is 51.8 Å². The third kappa shape index (κ3) is 5.04. The Hall–Kier alpha value is -2.08. The van der Waals surface area contributed by atoms with Gasteiger partial charge in [-0.3, -0.25) is 9.59 Å². The van der Waals surface area contributed by atoms with Crippen molar-refractivity contribution in [3.8, 4) is 5.75 Å². The standard InChI is InChI=1S/C22H33N3O3/c1-3-28-20-11-5-4-10-19(20)25-16-18(15-21(25)26)22(27)23-12-8-14-24-13-7-6-9-17(24)2/h4-5,10-11,17-18H,3,6-9,12-16H2,1-2H3,(H,23,27). The third-order valence-corrected chi connectivity index (χ3v) is 5.81. The van der Waals surface area contributed by atoms with E-state index in [1.807, 2.05) is 31.2 Å². The van der Waals surface area contributed by atoms with E-state index in [0.717, 1.165) is 18.7 Å². The van der Waals surface area contributed by atoms with E-state index < -0.39 is 0 Å². The van der Waals surface area contributed by atoms with E-state index in [2.05, 4.69) is 17.1 Å². The van der Waals surface area contributed by atoms with Crippen LogP contribution in [0.15, 0.2) is 24.3 Å². The number of carbonyl (C=O) groups excluding carboxylic acids is 2. The van der Waals surface area contributed by atoms with Crippen LogP contribution in [0.3, 0.4) is 0 Å². The van der Waals surface area contributed by atoms with Gasteiger partial charge < -0.3 is 19.9 Å². The third-order valence-electron chi connectivity index (χ3n) is 5.81. The van der Waals surface area contributed by atoms with Crippen LogP contribution >= 0.6 is 0 Å². The van der Waals surface area contributed by atoms with Gasteiger partial charge >= 0.3 is 0 Å². The molecule has 2 aliphatic rings. The SMILES string of the molecule is CCOc1ccccc1N1CC(C(=O)NCCCN2CCCCC2C)CC1=O. The molecule has 2 amide bonds. The van der Waals surface area contributed by atoms with Gasteiger partial charge in [0.25, 0.3) is 0 Å². The first kappa shape index (κ1) is 20.6. The summed E-state index contributed by atoms with van der Waals surface area (Å²) in [7, 11) is 0. The number of benzene rings is 1. The number of nitrogens with zero attached hydrogens (tertiary/aromatic N) is 2. The number of carbonyl (C=O) groups is 2. The van der Waals surface area contributed by atoms with Crippen LogP contribution in [0.5, 0.6) is 5.75 Å². The molecule has 28 heavy (non-hydrogen) atoms. The summed E-state index contributed by atoms with van der Waals surface area (Å²) in [6, 6.07) is 8.17. The number of anilines is 1. The summed E-state index contributed by atoms with van der Waals surface area (Å²) in [5, 5.41) is 3.04. The quantitative estimate of drug-likeness (QED) is 0.697. The van der Waals surface area contributed by atoms with Crippen molar-refractivity contribution in [3.05, 3.63) is 24.3 Å². The van der Waals surface area contributed by atoms with Gasteiger partial charge in [0.1, 0.15) is 5.75 Å². The van der Waals surface area contributed by atoms with Gasteiger partial charge in [-0.15, -0.1) is 0 Å². The number of piperidine rings is 1. The molecule has 0 bridgehead atoms. The lowest BCUT2D eigenvalue weighted by Gasteiger charge is -2.33. The molecule has 2 fully saturated rings. The lowest BCUT2D eigenvalue weighted by Crippen LogP contribution is -2.40. The first-order valence-electron chi connectivity index (χ1n) is 10.6. The number of hydrogen-bond acceptors (Lipinski definition) is 4. The minimum absolute atomic E-state index is 0.0172. The van der Waals surface area contributed by atoms with Crippen LogP contribution in [0.2, 0.25) is 0 Å². The van der Waals surface area contributed by atoms with Gasteiger partial charge in [-0.25, -0.2) is 0 Å². The number of nitrogens with one attached hydrogen (secondary N) is 1. The van der Waals surface area contributed by atoms with Crippen LogP contribution in [0, 0.1) is 5.92 Å². The zero-order valence-electron chi connectivity index (χ0n) is 17.2. The second kappa shape index (κ2) is 9.92. The molecule has 0 radical (unpaired) electrons. The molecule has 2 unspecified atom stereocenters. The number of likely N-dealkylation sites (tertiary alicyclic amines) is 1. The Morgan fingerprint density at radius 2 is 2.11 bits per heavy atom. The predicted molar refractivity (Wildman–Crippen MR) is 111 cm³/mol. The molecule has 0 saturated carbocycles. The average molecular weight is 388 g/mol. The van der Waals surface area contributed by atoms with Crippen LogP contribution in [0.4, 0.5) is 5.69 Å². The molecular formula is C22H33N3O3. The monoisotopic (exact) mass is 387 g/mol.